The summed E-state index contributed by atoms with van der Waals surface area (Å²) < 4.78 is 23.8. The summed E-state index contributed by atoms with van der Waals surface area (Å²) in [4.78, 5) is 12.0. The number of aliphatic hydroxyl groups is 1. The number of amides is 1. The molecule has 3 rings (SSSR count). The summed E-state index contributed by atoms with van der Waals surface area (Å²) in [5.74, 6) is -0.0555. The van der Waals surface area contributed by atoms with E-state index >= 15 is 0 Å². The Morgan fingerprint density at radius 1 is 1.24 bits per heavy atom. The molecule has 2 aromatic rings. The van der Waals surface area contributed by atoms with Crippen LogP contribution in [-0.4, -0.2) is 29.8 Å². The van der Waals surface area contributed by atoms with Crippen molar-refractivity contribution >= 4 is 5.91 Å². The van der Waals surface area contributed by atoms with Gasteiger partial charge in [-0.2, -0.15) is 0 Å². The zero-order chi connectivity index (χ0) is 17.7. The van der Waals surface area contributed by atoms with E-state index < -0.39 is 11.5 Å². The van der Waals surface area contributed by atoms with E-state index in [0.29, 0.717) is 25.3 Å². The predicted molar refractivity (Wildman–Crippen MR) is 89.4 cm³/mol. The Morgan fingerprint density at radius 3 is 2.72 bits per heavy atom. The Hall–Kier alpha value is -2.44. The molecular weight excluding hydrogens is 325 g/mol. The van der Waals surface area contributed by atoms with Gasteiger partial charge in [0.25, 0.3) is 5.91 Å². The molecule has 0 bridgehead atoms. The molecule has 0 spiro atoms. The fourth-order valence-corrected chi connectivity index (χ4v) is 2.58. The van der Waals surface area contributed by atoms with Crippen molar-refractivity contribution in [1.82, 2.24) is 5.32 Å². The summed E-state index contributed by atoms with van der Waals surface area (Å²) in [6, 6.07) is 13.5. The van der Waals surface area contributed by atoms with Crippen molar-refractivity contribution in [2.75, 3.05) is 13.2 Å². The van der Waals surface area contributed by atoms with Gasteiger partial charge in [0, 0.05) is 13.0 Å². The molecule has 1 amide bonds. The van der Waals surface area contributed by atoms with Crippen molar-refractivity contribution in [3.05, 3.63) is 65.5 Å². The molecule has 1 fully saturated rings. The average Bonchev–Trinajstić information content (AvgIpc) is 3.07. The van der Waals surface area contributed by atoms with Crippen LogP contribution >= 0.6 is 0 Å². The van der Waals surface area contributed by atoms with E-state index in [9.17, 15) is 14.3 Å². The minimum atomic E-state index is -1.42. The number of hydrogen-bond donors (Lipinski definition) is 2. The monoisotopic (exact) mass is 345 g/mol. The first-order chi connectivity index (χ1) is 12.0. The first-order valence-corrected chi connectivity index (χ1v) is 8.10. The van der Waals surface area contributed by atoms with Gasteiger partial charge in [-0.05, 0) is 35.4 Å². The van der Waals surface area contributed by atoms with Crippen LogP contribution in [0.2, 0.25) is 0 Å². The van der Waals surface area contributed by atoms with E-state index in [1.54, 1.807) is 24.3 Å². The zero-order valence-electron chi connectivity index (χ0n) is 13.7. The average molecular weight is 345 g/mol. The van der Waals surface area contributed by atoms with Crippen molar-refractivity contribution in [2.24, 2.45) is 0 Å². The molecule has 5 nitrogen and oxygen atoms in total. The fourth-order valence-electron chi connectivity index (χ4n) is 2.58. The van der Waals surface area contributed by atoms with E-state index in [1.165, 1.54) is 12.1 Å². The number of halogens is 1. The van der Waals surface area contributed by atoms with E-state index in [-0.39, 0.29) is 19.0 Å². The lowest BCUT2D eigenvalue weighted by atomic mass is 10.0. The van der Waals surface area contributed by atoms with Gasteiger partial charge in [0.15, 0.2) is 5.60 Å². The number of nitrogens with one attached hydrogen (secondary N) is 1. The highest BCUT2D eigenvalue weighted by Gasteiger charge is 2.39. The van der Waals surface area contributed by atoms with E-state index in [0.717, 1.165) is 11.1 Å². The van der Waals surface area contributed by atoms with Gasteiger partial charge < -0.3 is 19.9 Å². The Labute approximate surface area is 145 Å². The Kier molecular flexibility index (Phi) is 5.31. The molecular formula is C19H20FNO4. The smallest absolute Gasteiger partial charge is 0.254 e. The second kappa shape index (κ2) is 7.63. The van der Waals surface area contributed by atoms with Crippen molar-refractivity contribution in [2.45, 2.75) is 25.2 Å². The summed E-state index contributed by atoms with van der Waals surface area (Å²) in [7, 11) is 0. The lowest BCUT2D eigenvalue weighted by Crippen LogP contribution is -2.47. The van der Waals surface area contributed by atoms with E-state index in [4.69, 9.17) is 9.47 Å². The molecule has 0 radical (unpaired) electrons. The van der Waals surface area contributed by atoms with Gasteiger partial charge in [-0.25, -0.2) is 4.39 Å². The van der Waals surface area contributed by atoms with Crippen molar-refractivity contribution in [3.8, 4) is 5.75 Å². The summed E-state index contributed by atoms with van der Waals surface area (Å²) in [5, 5.41) is 12.8. The fraction of sp³-hybridized carbons (Fsp3) is 0.316. The highest BCUT2D eigenvalue weighted by Crippen LogP contribution is 2.19. The van der Waals surface area contributed by atoms with Gasteiger partial charge in [0.05, 0.1) is 13.2 Å². The molecule has 0 saturated carbocycles. The maximum atomic E-state index is 13.1. The van der Waals surface area contributed by atoms with Crippen LogP contribution in [0.1, 0.15) is 17.5 Å². The molecule has 132 valence electrons. The molecule has 1 aliphatic heterocycles. The number of benzene rings is 2. The van der Waals surface area contributed by atoms with Gasteiger partial charge in [-0.15, -0.1) is 0 Å². The normalized spacial score (nSPS) is 19.6. The van der Waals surface area contributed by atoms with Gasteiger partial charge in [0.2, 0.25) is 0 Å². The molecule has 1 aliphatic rings. The quantitative estimate of drug-likeness (QED) is 0.842. The number of hydrogen-bond acceptors (Lipinski definition) is 4. The van der Waals surface area contributed by atoms with Gasteiger partial charge in [-0.3, -0.25) is 4.79 Å². The molecule has 2 aromatic carbocycles. The topological polar surface area (TPSA) is 67.8 Å². The van der Waals surface area contributed by atoms with E-state index in [1.807, 2.05) is 12.1 Å². The summed E-state index contributed by atoms with van der Waals surface area (Å²) >= 11 is 0. The maximum absolute atomic E-state index is 13.1. The molecule has 1 atom stereocenters. The van der Waals surface area contributed by atoms with Gasteiger partial charge in [0.1, 0.15) is 18.2 Å². The Bertz CT molecular complexity index is 726. The van der Waals surface area contributed by atoms with Crippen LogP contribution in [-0.2, 0) is 22.7 Å². The van der Waals surface area contributed by atoms with Crippen molar-refractivity contribution in [3.63, 3.8) is 0 Å². The zero-order valence-corrected chi connectivity index (χ0v) is 13.7. The Balaban J connectivity index is 1.49. The molecule has 1 saturated heterocycles. The predicted octanol–water partition coefficient (Wildman–Crippen LogP) is 2.17. The number of carbonyl (C=O) groups is 1. The lowest BCUT2D eigenvalue weighted by Gasteiger charge is -2.19. The molecule has 0 aromatic heterocycles. The number of ether oxygens (including phenoxy) is 2. The third-order valence-corrected chi connectivity index (χ3v) is 4.09. The third kappa shape index (κ3) is 4.55. The van der Waals surface area contributed by atoms with Crippen molar-refractivity contribution < 1.29 is 23.8 Å². The standard InChI is InChI=1S/C19H20FNO4/c20-16-3-1-2-15(10-16)12-25-17-6-4-14(5-7-17)11-21-18(22)19(23)8-9-24-13-19/h1-7,10,23H,8-9,11-13H2,(H,21,22)/t19-/m0/s1. The molecule has 6 heteroatoms. The first-order valence-electron chi connectivity index (χ1n) is 8.10. The lowest BCUT2D eigenvalue weighted by molar-refractivity contribution is -0.139. The SMILES string of the molecule is O=C(NCc1ccc(OCc2cccc(F)c2)cc1)[C@]1(O)CCOC1. The van der Waals surface area contributed by atoms with Gasteiger partial charge in [-0.1, -0.05) is 24.3 Å². The first kappa shape index (κ1) is 17.4. The van der Waals surface area contributed by atoms with Crippen LogP contribution in [0.15, 0.2) is 48.5 Å². The van der Waals surface area contributed by atoms with E-state index in [2.05, 4.69) is 5.32 Å². The van der Waals surface area contributed by atoms with Crippen LogP contribution in [0.4, 0.5) is 4.39 Å². The molecule has 1 heterocycles. The summed E-state index contributed by atoms with van der Waals surface area (Å²) in [5.41, 5.74) is 0.214. The Morgan fingerprint density at radius 2 is 2.04 bits per heavy atom. The van der Waals surface area contributed by atoms with Gasteiger partial charge >= 0.3 is 0 Å². The second-order valence-corrected chi connectivity index (χ2v) is 6.08. The van der Waals surface area contributed by atoms with Crippen LogP contribution < -0.4 is 10.1 Å². The second-order valence-electron chi connectivity index (χ2n) is 6.08. The van der Waals surface area contributed by atoms with Crippen molar-refractivity contribution in [1.29, 1.82) is 0 Å². The summed E-state index contributed by atoms with van der Waals surface area (Å²) in [6.45, 7) is 1.01. The highest BCUT2D eigenvalue weighted by atomic mass is 19.1. The maximum Gasteiger partial charge on any atom is 0.254 e. The molecule has 0 aliphatic carbocycles. The number of carbonyl (C=O) groups excluding carboxylic acids is 1. The minimum absolute atomic E-state index is 0.0334. The molecule has 0 unspecified atom stereocenters. The molecule has 2 N–H and O–H groups in total. The molecule has 25 heavy (non-hydrogen) atoms. The highest BCUT2D eigenvalue weighted by molar-refractivity contribution is 5.85. The number of rotatable bonds is 6. The minimum Gasteiger partial charge on any atom is -0.489 e. The van der Waals surface area contributed by atoms with Crippen LogP contribution in [0.3, 0.4) is 0 Å². The largest absolute Gasteiger partial charge is 0.489 e. The van der Waals surface area contributed by atoms with Crippen LogP contribution in [0.5, 0.6) is 5.75 Å². The third-order valence-electron chi connectivity index (χ3n) is 4.09. The summed E-state index contributed by atoms with van der Waals surface area (Å²) in [6.07, 6.45) is 0.311. The van der Waals surface area contributed by atoms with Crippen LogP contribution in [0.25, 0.3) is 0 Å². The van der Waals surface area contributed by atoms with Crippen LogP contribution in [0, 0.1) is 5.82 Å².